The molecule has 2 aromatic rings. The molecule has 3 aliphatic rings. The molecule has 3 heterocycles. The lowest BCUT2D eigenvalue weighted by Crippen LogP contribution is -2.74. The zero-order chi connectivity index (χ0) is 29.3. The van der Waals surface area contributed by atoms with Crippen LogP contribution in [-0.2, 0) is 19.9 Å². The van der Waals surface area contributed by atoms with E-state index in [0.29, 0.717) is 28.0 Å². The molecule has 41 heavy (non-hydrogen) atoms. The molecule has 1 N–H and O–H groups in total. The molecule has 2 amide bonds. The first kappa shape index (κ1) is 30.6. The van der Waals surface area contributed by atoms with Crippen LogP contribution in [0.25, 0.3) is 0 Å². The van der Waals surface area contributed by atoms with Crippen LogP contribution >= 0.6 is 34.8 Å². The highest BCUT2D eigenvalue weighted by atomic mass is 35.5. The Morgan fingerprint density at radius 2 is 1.68 bits per heavy atom. The Kier molecular flexibility index (Phi) is 9.24. The summed E-state index contributed by atoms with van der Waals surface area (Å²) >= 11 is 19.0. The van der Waals surface area contributed by atoms with Crippen LogP contribution in [0.15, 0.2) is 42.5 Å². The number of morpholine rings is 1. The molecule has 3 aliphatic heterocycles. The van der Waals surface area contributed by atoms with E-state index in [4.69, 9.17) is 39.5 Å². The summed E-state index contributed by atoms with van der Waals surface area (Å²) < 4.78 is 7.30. The quantitative estimate of drug-likeness (QED) is 0.414. The van der Waals surface area contributed by atoms with Crippen molar-refractivity contribution in [2.75, 3.05) is 64.9 Å². The number of likely N-dealkylation sites (tertiary alicyclic amines) is 1. The van der Waals surface area contributed by atoms with E-state index in [0.717, 1.165) is 74.1 Å². The van der Waals surface area contributed by atoms with Crippen LogP contribution in [0.2, 0.25) is 15.1 Å². The fourth-order valence-electron chi connectivity index (χ4n) is 7.30. The first-order chi connectivity index (χ1) is 19.6. The molecule has 5 rings (SSSR count). The van der Waals surface area contributed by atoms with E-state index in [-0.39, 0.29) is 18.4 Å². The third kappa shape index (κ3) is 5.86. The van der Waals surface area contributed by atoms with Gasteiger partial charge < -0.3 is 24.3 Å². The van der Waals surface area contributed by atoms with Crippen molar-refractivity contribution in [1.29, 1.82) is 0 Å². The van der Waals surface area contributed by atoms with E-state index >= 15 is 0 Å². The molecule has 2 aromatic carbocycles. The number of benzene rings is 2. The smallest absolute Gasteiger partial charge is 0.283 e. The number of halogens is 3. The molecule has 10 heteroatoms. The highest BCUT2D eigenvalue weighted by Crippen LogP contribution is 2.43. The van der Waals surface area contributed by atoms with Crippen molar-refractivity contribution in [3.8, 4) is 0 Å². The number of carbonyl (C=O) groups excluding carboxylic acids is 2. The fraction of sp³-hybridized carbons (Fsp3) is 0.548. The Morgan fingerprint density at radius 3 is 2.32 bits per heavy atom. The molecule has 0 radical (unpaired) electrons. The number of hydrogen-bond acceptors (Lipinski definition) is 4. The third-order valence-electron chi connectivity index (χ3n) is 9.53. The van der Waals surface area contributed by atoms with Gasteiger partial charge in [0.1, 0.15) is 12.2 Å². The largest absolute Gasteiger partial charge is 0.358 e. The van der Waals surface area contributed by atoms with Crippen LogP contribution in [0.5, 0.6) is 0 Å². The maximum absolute atomic E-state index is 14.1. The van der Waals surface area contributed by atoms with E-state index in [1.54, 1.807) is 28.0 Å². The predicted molar refractivity (Wildman–Crippen MR) is 165 cm³/mol. The van der Waals surface area contributed by atoms with Crippen molar-refractivity contribution in [3.63, 3.8) is 0 Å². The number of piperidine rings is 2. The summed E-state index contributed by atoms with van der Waals surface area (Å²) in [4.78, 5) is 30.9. The molecule has 0 bridgehead atoms. The van der Waals surface area contributed by atoms with Crippen LogP contribution in [-0.4, -0.2) is 86.7 Å². The summed E-state index contributed by atoms with van der Waals surface area (Å²) in [7, 11) is 3.76. The Morgan fingerprint density at radius 1 is 1.00 bits per heavy atom. The van der Waals surface area contributed by atoms with Crippen molar-refractivity contribution >= 4 is 52.3 Å². The van der Waals surface area contributed by atoms with Gasteiger partial charge in [0.2, 0.25) is 0 Å². The first-order valence-corrected chi connectivity index (χ1v) is 15.7. The minimum atomic E-state index is -0.834. The van der Waals surface area contributed by atoms with Crippen LogP contribution < -0.4 is 10.2 Å². The standard InChI is InChI=1S/C31H40Cl3N4O3/c1-36(2)29(40)30(12-15-35-16-13-30)38(17-4-3-5-18-38)19-14-31(23-6-11-26(33)27(34)20-23)22-37(28(39)21-41-31)25-9-7-24(32)8-10-25/h6-11,20,35H,3-5,12-19,21-22H2,1-2H3/q+1. The van der Waals surface area contributed by atoms with Crippen molar-refractivity contribution in [2.24, 2.45) is 0 Å². The average molecular weight is 623 g/mol. The van der Waals surface area contributed by atoms with Crippen LogP contribution in [0.1, 0.15) is 44.1 Å². The minimum Gasteiger partial charge on any atom is -0.358 e. The number of nitrogens with one attached hydrogen (secondary N) is 1. The second-order valence-corrected chi connectivity index (χ2v) is 13.2. The molecule has 0 aromatic heterocycles. The number of ether oxygens (including phenoxy) is 1. The van der Waals surface area contributed by atoms with Crippen molar-refractivity contribution in [2.45, 2.75) is 49.7 Å². The molecule has 222 valence electrons. The average Bonchev–Trinajstić information content (AvgIpc) is 2.99. The summed E-state index contributed by atoms with van der Waals surface area (Å²) in [5.41, 5.74) is 0.326. The van der Waals surface area contributed by atoms with Crippen molar-refractivity contribution in [1.82, 2.24) is 10.2 Å². The zero-order valence-corrected chi connectivity index (χ0v) is 26.2. The number of likely N-dealkylation sites (N-methyl/N-ethyl adjacent to an activating group) is 1. The number of hydrogen-bond donors (Lipinski definition) is 1. The monoisotopic (exact) mass is 621 g/mol. The van der Waals surface area contributed by atoms with E-state index in [1.165, 1.54) is 6.42 Å². The number of anilines is 1. The Hall–Kier alpha value is -1.87. The van der Waals surface area contributed by atoms with Crippen LogP contribution in [0, 0.1) is 0 Å². The van der Waals surface area contributed by atoms with Gasteiger partial charge in [-0.15, -0.1) is 0 Å². The number of amides is 2. The van der Waals surface area contributed by atoms with E-state index in [9.17, 15) is 9.59 Å². The van der Waals surface area contributed by atoms with E-state index < -0.39 is 11.1 Å². The number of nitrogens with zero attached hydrogens (tertiary/aromatic N) is 3. The molecule has 0 aliphatic carbocycles. The second-order valence-electron chi connectivity index (χ2n) is 12.0. The highest BCUT2D eigenvalue weighted by molar-refractivity contribution is 6.42. The normalized spacial score (nSPS) is 24.2. The van der Waals surface area contributed by atoms with Gasteiger partial charge in [-0.25, -0.2) is 0 Å². The maximum Gasteiger partial charge on any atom is 0.283 e. The lowest BCUT2D eigenvalue weighted by Gasteiger charge is -2.57. The molecule has 0 saturated carbocycles. The van der Waals surface area contributed by atoms with Gasteiger partial charge in [-0.2, -0.15) is 0 Å². The molecular formula is C31H40Cl3N4O3+. The van der Waals surface area contributed by atoms with Crippen LogP contribution in [0.3, 0.4) is 0 Å². The fourth-order valence-corrected chi connectivity index (χ4v) is 7.72. The van der Waals surface area contributed by atoms with E-state index in [1.807, 2.05) is 38.4 Å². The van der Waals surface area contributed by atoms with Gasteiger partial charge >= 0.3 is 0 Å². The number of rotatable bonds is 7. The van der Waals surface area contributed by atoms with Crippen molar-refractivity contribution in [3.05, 3.63) is 63.1 Å². The lowest BCUT2D eigenvalue weighted by molar-refractivity contribution is -0.972. The van der Waals surface area contributed by atoms with E-state index in [2.05, 4.69) is 5.32 Å². The number of carbonyl (C=O) groups is 2. The Balaban J connectivity index is 1.56. The molecule has 3 fully saturated rings. The summed E-state index contributed by atoms with van der Waals surface area (Å²) in [5, 5.41) is 5.01. The summed E-state index contributed by atoms with van der Waals surface area (Å²) in [6.45, 7) is 4.58. The molecule has 7 nitrogen and oxygen atoms in total. The topological polar surface area (TPSA) is 61.9 Å². The van der Waals surface area contributed by atoms with Crippen molar-refractivity contribution < 1.29 is 18.8 Å². The van der Waals surface area contributed by atoms with Gasteiger partial charge in [0.15, 0.2) is 5.54 Å². The zero-order valence-electron chi connectivity index (χ0n) is 23.9. The van der Waals surface area contributed by atoms with Gasteiger partial charge in [-0.1, -0.05) is 40.9 Å². The van der Waals surface area contributed by atoms with Gasteiger partial charge in [-0.3, -0.25) is 9.59 Å². The summed E-state index contributed by atoms with van der Waals surface area (Å²) in [6.07, 6.45) is 5.59. The van der Waals surface area contributed by atoms with Gasteiger partial charge in [0.25, 0.3) is 11.8 Å². The maximum atomic E-state index is 14.1. The summed E-state index contributed by atoms with van der Waals surface area (Å²) in [5.74, 6) is 0.106. The van der Waals surface area contributed by atoms with Gasteiger partial charge in [-0.05, 0) is 61.2 Å². The number of quaternary nitrogens is 1. The lowest BCUT2D eigenvalue weighted by atomic mass is 9.78. The molecular weight excluding hydrogens is 583 g/mol. The Labute approximate surface area is 258 Å². The Bertz CT molecular complexity index is 1260. The molecule has 3 saturated heterocycles. The molecule has 0 spiro atoms. The predicted octanol–water partition coefficient (Wildman–Crippen LogP) is 5.51. The van der Waals surface area contributed by atoms with Crippen LogP contribution in [0.4, 0.5) is 5.69 Å². The molecule has 1 unspecified atom stereocenters. The SMILES string of the molecule is CN(C)C(=O)C1([N+]2(CCC3(c4ccc(Cl)c(Cl)c4)CN(c4ccc(Cl)cc4)C(=O)CO3)CCCCC2)CCNCC1. The third-order valence-corrected chi connectivity index (χ3v) is 10.5. The van der Waals surface area contributed by atoms with Gasteiger partial charge in [0, 0.05) is 57.2 Å². The minimum absolute atomic E-state index is 0.0609. The molecule has 1 atom stereocenters. The van der Waals surface area contributed by atoms with Gasteiger partial charge in [0.05, 0.1) is 36.2 Å². The summed E-state index contributed by atoms with van der Waals surface area (Å²) in [6, 6.07) is 12.9. The second kappa shape index (κ2) is 12.4. The highest BCUT2D eigenvalue weighted by Gasteiger charge is 2.58. The first-order valence-electron chi connectivity index (χ1n) is 14.6.